The van der Waals surface area contributed by atoms with E-state index in [1.54, 1.807) is 37.2 Å². The zero-order valence-electron chi connectivity index (χ0n) is 21.4. The Kier molecular flexibility index (Phi) is 7.73. The molecule has 1 unspecified atom stereocenters. The zero-order chi connectivity index (χ0) is 26.0. The molecule has 0 aliphatic carbocycles. The minimum atomic E-state index is -0.355. The van der Waals surface area contributed by atoms with Crippen molar-refractivity contribution in [1.29, 1.82) is 0 Å². The van der Waals surface area contributed by atoms with Gasteiger partial charge in [0.2, 0.25) is 5.91 Å². The molecule has 36 heavy (non-hydrogen) atoms. The lowest BCUT2D eigenvalue weighted by Gasteiger charge is -2.34. The largest absolute Gasteiger partial charge is 0.455 e. The molecule has 0 saturated carbocycles. The second kappa shape index (κ2) is 10.8. The van der Waals surface area contributed by atoms with Crippen molar-refractivity contribution >= 4 is 40.4 Å². The molecular formula is C28H32FN3O3S. The van der Waals surface area contributed by atoms with Crippen molar-refractivity contribution in [2.45, 2.75) is 32.6 Å². The number of nitrogens with one attached hydrogen (secondary N) is 1. The van der Waals surface area contributed by atoms with Gasteiger partial charge in [-0.1, -0.05) is 17.5 Å². The Morgan fingerprint density at radius 2 is 1.94 bits per heavy atom. The van der Waals surface area contributed by atoms with Gasteiger partial charge in [0.25, 0.3) is 5.91 Å². The van der Waals surface area contributed by atoms with E-state index in [9.17, 15) is 14.0 Å². The van der Waals surface area contributed by atoms with Crippen LogP contribution in [0.25, 0.3) is 22.3 Å². The predicted octanol–water partition coefficient (Wildman–Crippen LogP) is 5.98. The highest BCUT2D eigenvalue weighted by molar-refractivity contribution is 7.99. The van der Waals surface area contributed by atoms with Crippen molar-refractivity contribution in [2.24, 2.45) is 0 Å². The molecule has 1 fully saturated rings. The Labute approximate surface area is 215 Å². The van der Waals surface area contributed by atoms with Crippen LogP contribution in [0.1, 0.15) is 48.5 Å². The first-order valence-electron chi connectivity index (χ1n) is 12.0. The summed E-state index contributed by atoms with van der Waals surface area (Å²) in [7, 11) is 3.58. The van der Waals surface area contributed by atoms with Gasteiger partial charge in [-0.05, 0) is 62.6 Å². The maximum atomic E-state index is 13.6. The number of nitrogens with zero attached hydrogens (tertiary/aromatic N) is 2. The molecule has 8 heteroatoms. The SMILES string of the molecule is CNC(=O)c1c(-c2ccc(F)cc2)oc2cc(N(C)SC)c(C3CCCN(C(=O)C=C(C)C)C3)cc12. The number of piperidine rings is 1. The third-order valence-electron chi connectivity index (χ3n) is 6.60. The van der Waals surface area contributed by atoms with Crippen molar-refractivity contribution in [3.8, 4) is 11.3 Å². The fourth-order valence-corrected chi connectivity index (χ4v) is 5.13. The maximum Gasteiger partial charge on any atom is 0.255 e. The van der Waals surface area contributed by atoms with E-state index in [1.165, 1.54) is 12.1 Å². The number of carbonyl (C=O) groups excluding carboxylic acids is 2. The van der Waals surface area contributed by atoms with Crippen molar-refractivity contribution in [2.75, 3.05) is 37.7 Å². The Hall–Kier alpha value is -3.26. The third kappa shape index (κ3) is 5.14. The average molecular weight is 510 g/mol. The topological polar surface area (TPSA) is 65.8 Å². The molecule has 0 spiro atoms. The van der Waals surface area contributed by atoms with E-state index in [0.717, 1.165) is 36.2 Å². The summed E-state index contributed by atoms with van der Waals surface area (Å²) in [5.41, 5.74) is 4.68. The smallest absolute Gasteiger partial charge is 0.255 e. The molecule has 4 rings (SSSR count). The van der Waals surface area contributed by atoms with Gasteiger partial charge in [0, 0.05) is 62.5 Å². The van der Waals surface area contributed by atoms with Crippen molar-refractivity contribution in [1.82, 2.24) is 10.2 Å². The van der Waals surface area contributed by atoms with Crippen LogP contribution in [0, 0.1) is 5.82 Å². The third-order valence-corrected chi connectivity index (χ3v) is 7.34. The fraction of sp³-hybridized carbons (Fsp3) is 0.357. The first-order valence-corrected chi connectivity index (χ1v) is 13.2. The molecule has 0 bridgehead atoms. The molecule has 190 valence electrons. The van der Waals surface area contributed by atoms with Crippen LogP contribution in [-0.2, 0) is 4.79 Å². The minimum Gasteiger partial charge on any atom is -0.455 e. The van der Waals surface area contributed by atoms with Crippen LogP contribution < -0.4 is 9.62 Å². The number of benzene rings is 2. The number of rotatable bonds is 6. The Bertz CT molecular complexity index is 1310. The van der Waals surface area contributed by atoms with Gasteiger partial charge < -0.3 is 18.9 Å². The summed E-state index contributed by atoms with van der Waals surface area (Å²) in [5, 5.41) is 3.43. The molecule has 0 radical (unpaired) electrons. The lowest BCUT2D eigenvalue weighted by molar-refractivity contribution is -0.127. The van der Waals surface area contributed by atoms with Gasteiger partial charge in [0.1, 0.15) is 17.2 Å². The molecule has 3 aromatic rings. The number of amides is 2. The van der Waals surface area contributed by atoms with E-state index in [4.69, 9.17) is 4.42 Å². The minimum absolute atomic E-state index is 0.0357. The van der Waals surface area contributed by atoms with Gasteiger partial charge in [-0.15, -0.1) is 0 Å². The fourth-order valence-electron chi connectivity index (χ4n) is 4.77. The number of halogens is 1. The van der Waals surface area contributed by atoms with Crippen molar-refractivity contribution < 1.29 is 18.4 Å². The highest BCUT2D eigenvalue weighted by Gasteiger charge is 2.29. The van der Waals surface area contributed by atoms with Gasteiger partial charge in [0.15, 0.2) is 0 Å². The van der Waals surface area contributed by atoms with Crippen LogP contribution >= 0.6 is 11.9 Å². The first kappa shape index (κ1) is 25.8. The second-order valence-electron chi connectivity index (χ2n) is 9.32. The highest BCUT2D eigenvalue weighted by Crippen LogP contribution is 2.42. The van der Waals surface area contributed by atoms with Crippen molar-refractivity contribution in [3.63, 3.8) is 0 Å². The summed E-state index contributed by atoms with van der Waals surface area (Å²) < 4.78 is 21.9. The van der Waals surface area contributed by atoms with Crippen LogP contribution in [0.2, 0.25) is 0 Å². The van der Waals surface area contributed by atoms with Crippen LogP contribution in [0.5, 0.6) is 0 Å². The van der Waals surface area contributed by atoms with Gasteiger partial charge in [0.05, 0.1) is 11.3 Å². The molecule has 2 amide bonds. The second-order valence-corrected chi connectivity index (χ2v) is 10.2. The number of hydrogen-bond donors (Lipinski definition) is 1. The van der Waals surface area contributed by atoms with E-state index in [1.807, 2.05) is 44.2 Å². The van der Waals surface area contributed by atoms with E-state index in [-0.39, 0.29) is 23.5 Å². The molecule has 1 N–H and O–H groups in total. The monoisotopic (exact) mass is 509 g/mol. The number of fused-ring (bicyclic) bond motifs is 1. The summed E-state index contributed by atoms with van der Waals surface area (Å²) in [5.74, 6) is -0.0678. The lowest BCUT2D eigenvalue weighted by Crippen LogP contribution is -2.38. The normalized spacial score (nSPS) is 15.6. The molecule has 1 aliphatic rings. The van der Waals surface area contributed by atoms with Crippen LogP contribution in [0.3, 0.4) is 0 Å². The average Bonchev–Trinajstić information content (AvgIpc) is 3.25. The van der Waals surface area contributed by atoms with E-state index in [0.29, 0.717) is 34.4 Å². The summed E-state index contributed by atoms with van der Waals surface area (Å²) in [6.07, 6.45) is 5.54. The lowest BCUT2D eigenvalue weighted by atomic mass is 9.88. The van der Waals surface area contributed by atoms with Crippen LogP contribution in [0.4, 0.5) is 10.1 Å². The zero-order valence-corrected chi connectivity index (χ0v) is 22.2. The number of likely N-dealkylation sites (tertiary alicyclic amines) is 1. The molecule has 1 aromatic heterocycles. The van der Waals surface area contributed by atoms with Crippen molar-refractivity contribution in [3.05, 3.63) is 65.0 Å². The number of furan rings is 1. The highest BCUT2D eigenvalue weighted by atomic mass is 32.2. The first-order chi connectivity index (χ1) is 17.2. The van der Waals surface area contributed by atoms with Crippen LogP contribution in [0.15, 0.2) is 52.5 Å². The summed E-state index contributed by atoms with van der Waals surface area (Å²) in [6, 6.07) is 9.95. The van der Waals surface area contributed by atoms with E-state index < -0.39 is 0 Å². The standard InChI is InChI=1S/C28H32FN3O3S/c1-17(2)13-25(33)32-12-6-7-19(16-32)21-14-22-24(15-23(21)31(4)36-5)35-27(26(22)28(34)30-3)18-8-10-20(29)11-9-18/h8-11,13-15,19H,6-7,12,16H2,1-5H3,(H,30,34). The molecule has 2 aromatic carbocycles. The predicted molar refractivity (Wildman–Crippen MR) is 145 cm³/mol. The quantitative estimate of drug-likeness (QED) is 0.327. The van der Waals surface area contributed by atoms with Gasteiger partial charge in [-0.25, -0.2) is 4.39 Å². The van der Waals surface area contributed by atoms with Gasteiger partial charge in [-0.3, -0.25) is 9.59 Å². The molecule has 1 atom stereocenters. The van der Waals surface area contributed by atoms with E-state index in [2.05, 4.69) is 9.62 Å². The summed E-state index contributed by atoms with van der Waals surface area (Å²) in [4.78, 5) is 27.7. The molecular weight excluding hydrogens is 477 g/mol. The Morgan fingerprint density at radius 3 is 2.58 bits per heavy atom. The maximum absolute atomic E-state index is 13.6. The summed E-state index contributed by atoms with van der Waals surface area (Å²) >= 11 is 1.58. The molecule has 1 aliphatic heterocycles. The number of carbonyl (C=O) groups is 2. The Balaban J connectivity index is 1.87. The number of hydrogen-bond acceptors (Lipinski definition) is 5. The number of anilines is 1. The molecule has 6 nitrogen and oxygen atoms in total. The summed E-state index contributed by atoms with van der Waals surface area (Å²) in [6.45, 7) is 5.20. The van der Waals surface area contributed by atoms with E-state index >= 15 is 0 Å². The molecule has 2 heterocycles. The number of allylic oxidation sites excluding steroid dienone is 1. The molecule has 1 saturated heterocycles. The van der Waals surface area contributed by atoms with Crippen LogP contribution in [-0.4, -0.2) is 50.2 Å². The van der Waals surface area contributed by atoms with Gasteiger partial charge >= 0.3 is 0 Å². The van der Waals surface area contributed by atoms with Gasteiger partial charge in [-0.2, -0.15) is 0 Å². The Morgan fingerprint density at radius 1 is 1.22 bits per heavy atom.